The van der Waals surface area contributed by atoms with Crippen molar-refractivity contribution in [3.8, 4) is 0 Å². The minimum Gasteiger partial charge on any atom is -0.274 e. The van der Waals surface area contributed by atoms with Crippen molar-refractivity contribution >= 4 is 19.7 Å². The van der Waals surface area contributed by atoms with Gasteiger partial charge < -0.3 is 0 Å². The van der Waals surface area contributed by atoms with E-state index in [2.05, 4.69) is 14.8 Å². The van der Waals surface area contributed by atoms with Crippen LogP contribution in [-0.4, -0.2) is 31.1 Å². The number of imide groups is 1. The number of amides is 2. The van der Waals surface area contributed by atoms with Crippen molar-refractivity contribution < 1.29 is 9.59 Å². The summed E-state index contributed by atoms with van der Waals surface area (Å²) >= 11 is 0. The monoisotopic (exact) mass is 511 g/mol. The molecule has 3 rings (SSSR count). The summed E-state index contributed by atoms with van der Waals surface area (Å²) < 4.78 is 0. The maximum atomic E-state index is 13.8. The molecule has 0 unspecified atom stereocenters. The van der Waals surface area contributed by atoms with Crippen LogP contribution in [0, 0.1) is 5.41 Å². The number of hydrogen-bond acceptors (Lipinski definition) is 2. The van der Waals surface area contributed by atoms with Gasteiger partial charge in [-0.2, -0.15) is 0 Å². The van der Waals surface area contributed by atoms with Gasteiger partial charge in [-0.1, -0.05) is 147 Å². The molecule has 2 aliphatic carbocycles. The van der Waals surface area contributed by atoms with Crippen molar-refractivity contribution in [2.45, 2.75) is 173 Å². The average Bonchev–Trinajstić information content (AvgIpc) is 3.06. The Morgan fingerprint density at radius 1 is 0.595 bits per heavy atom. The second kappa shape index (κ2) is 15.5. The molecular weight excluding hydrogens is 453 g/mol. The van der Waals surface area contributed by atoms with Gasteiger partial charge in [-0.3, -0.25) is 14.5 Å². The zero-order chi connectivity index (χ0) is 26.6. The van der Waals surface area contributed by atoms with Gasteiger partial charge in [-0.05, 0) is 31.6 Å². The summed E-state index contributed by atoms with van der Waals surface area (Å²) in [5.74, 6) is 0.0413. The van der Waals surface area contributed by atoms with Crippen LogP contribution in [0.4, 0.5) is 0 Å². The van der Waals surface area contributed by atoms with Crippen LogP contribution in [-0.2, 0) is 9.59 Å². The third-order valence-electron chi connectivity index (χ3n) is 10.0. The Kier molecular flexibility index (Phi) is 12.8. The predicted octanol–water partition coefficient (Wildman–Crippen LogP) is 8.86. The van der Waals surface area contributed by atoms with Gasteiger partial charge in [-0.25, -0.2) is 0 Å². The average molecular weight is 512 g/mol. The fourth-order valence-corrected chi connectivity index (χ4v) is 7.35. The summed E-state index contributed by atoms with van der Waals surface area (Å²) in [6.45, 7) is 4.90. The van der Waals surface area contributed by atoms with Crippen molar-refractivity contribution in [1.82, 2.24) is 4.90 Å². The molecular formula is C33H58BNO2. The van der Waals surface area contributed by atoms with E-state index in [1.807, 2.05) is 6.92 Å². The van der Waals surface area contributed by atoms with Gasteiger partial charge in [0.05, 0.1) is 0 Å². The molecule has 0 aromatic carbocycles. The Hall–Kier alpha value is -1.06. The smallest absolute Gasteiger partial charge is 0.257 e. The summed E-state index contributed by atoms with van der Waals surface area (Å²) in [6.07, 6.45) is 30.6. The van der Waals surface area contributed by atoms with E-state index in [4.69, 9.17) is 0 Å². The van der Waals surface area contributed by atoms with Crippen molar-refractivity contribution in [1.29, 1.82) is 0 Å². The topological polar surface area (TPSA) is 37.4 Å². The molecule has 3 nitrogen and oxygen atoms in total. The molecule has 0 atom stereocenters. The van der Waals surface area contributed by atoms with Gasteiger partial charge >= 0.3 is 0 Å². The van der Waals surface area contributed by atoms with Crippen molar-refractivity contribution in [2.24, 2.45) is 5.41 Å². The molecule has 1 aliphatic heterocycles. The highest BCUT2D eigenvalue weighted by Crippen LogP contribution is 2.45. The largest absolute Gasteiger partial charge is 0.274 e. The van der Waals surface area contributed by atoms with Crippen LogP contribution in [0.15, 0.2) is 11.1 Å². The molecule has 4 heteroatoms. The SMILES string of the molecule is BC1(CC2=C(C)C(=O)N(CC3(C)CCCCCCCCCCC3)C2=O)CCCCCCCCCCCC1. The first kappa shape index (κ1) is 30.5. The first-order chi connectivity index (χ1) is 17.8. The van der Waals surface area contributed by atoms with E-state index in [9.17, 15) is 9.59 Å². The molecule has 210 valence electrons. The van der Waals surface area contributed by atoms with Crippen LogP contribution >= 0.6 is 0 Å². The molecule has 0 aromatic heterocycles. The molecule has 0 N–H and O–H groups in total. The Morgan fingerprint density at radius 3 is 1.35 bits per heavy atom. The molecule has 3 aliphatic rings. The first-order valence-electron chi connectivity index (χ1n) is 16.4. The van der Waals surface area contributed by atoms with E-state index in [-0.39, 0.29) is 22.5 Å². The van der Waals surface area contributed by atoms with Crippen LogP contribution in [0.3, 0.4) is 0 Å². The van der Waals surface area contributed by atoms with E-state index >= 15 is 0 Å². The summed E-state index contributed by atoms with van der Waals surface area (Å²) in [5.41, 5.74) is 1.63. The van der Waals surface area contributed by atoms with Gasteiger partial charge in [0.2, 0.25) is 0 Å². The highest BCUT2D eigenvalue weighted by molar-refractivity contribution is 6.21. The van der Waals surface area contributed by atoms with Gasteiger partial charge in [0.1, 0.15) is 7.85 Å². The lowest BCUT2D eigenvalue weighted by atomic mass is 9.59. The number of carbonyl (C=O) groups excluding carboxylic acids is 2. The molecule has 2 fully saturated rings. The third kappa shape index (κ3) is 9.88. The van der Waals surface area contributed by atoms with Gasteiger partial charge in [0, 0.05) is 17.7 Å². The van der Waals surface area contributed by atoms with E-state index in [1.165, 1.54) is 135 Å². The predicted molar refractivity (Wildman–Crippen MR) is 160 cm³/mol. The number of rotatable bonds is 4. The second-order valence-electron chi connectivity index (χ2n) is 13.8. The van der Waals surface area contributed by atoms with Crippen molar-refractivity contribution in [3.63, 3.8) is 0 Å². The zero-order valence-corrected chi connectivity index (χ0v) is 24.9. The van der Waals surface area contributed by atoms with Crippen molar-refractivity contribution in [2.75, 3.05) is 6.54 Å². The molecule has 2 amide bonds. The van der Waals surface area contributed by atoms with Crippen molar-refractivity contribution in [3.05, 3.63) is 11.1 Å². The van der Waals surface area contributed by atoms with Crippen LogP contribution in [0.2, 0.25) is 5.31 Å². The zero-order valence-electron chi connectivity index (χ0n) is 24.9. The van der Waals surface area contributed by atoms with E-state index in [1.54, 1.807) is 4.90 Å². The normalized spacial score (nSPS) is 25.9. The number of carbonyl (C=O) groups is 2. The fraction of sp³-hybridized carbons (Fsp3) is 0.879. The van der Waals surface area contributed by atoms with Crippen LogP contribution < -0.4 is 0 Å². The molecule has 0 spiro atoms. The number of nitrogens with zero attached hydrogens (tertiary/aromatic N) is 1. The van der Waals surface area contributed by atoms with Crippen LogP contribution in [0.1, 0.15) is 168 Å². The molecule has 2 saturated carbocycles. The first-order valence-corrected chi connectivity index (χ1v) is 16.4. The minimum absolute atomic E-state index is 0.000540. The molecule has 1 heterocycles. The summed E-state index contributed by atoms with van der Waals surface area (Å²) in [5, 5.41) is 0.133. The van der Waals surface area contributed by atoms with Gasteiger partial charge in [-0.15, -0.1) is 0 Å². The maximum absolute atomic E-state index is 13.8. The second-order valence-corrected chi connectivity index (χ2v) is 13.8. The maximum Gasteiger partial charge on any atom is 0.257 e. The Morgan fingerprint density at radius 2 is 0.946 bits per heavy atom. The minimum atomic E-state index is 0.000540. The lowest BCUT2D eigenvalue weighted by Crippen LogP contribution is -2.41. The number of hydrogen-bond donors (Lipinski definition) is 0. The molecule has 0 aromatic rings. The third-order valence-corrected chi connectivity index (χ3v) is 10.0. The van der Waals surface area contributed by atoms with Gasteiger partial charge in [0.25, 0.3) is 11.8 Å². The lowest BCUT2D eigenvalue weighted by molar-refractivity contribution is -0.139. The summed E-state index contributed by atoms with van der Waals surface area (Å²) in [7, 11) is 2.40. The van der Waals surface area contributed by atoms with E-state index in [0.29, 0.717) is 6.54 Å². The summed E-state index contributed by atoms with van der Waals surface area (Å²) in [4.78, 5) is 28.9. The highest BCUT2D eigenvalue weighted by atomic mass is 16.2. The Labute approximate surface area is 230 Å². The fourth-order valence-electron chi connectivity index (χ4n) is 7.35. The van der Waals surface area contributed by atoms with Gasteiger partial charge in [0.15, 0.2) is 0 Å². The Bertz CT molecular complexity index is 731. The van der Waals surface area contributed by atoms with E-state index in [0.717, 1.165) is 30.4 Å². The molecule has 0 bridgehead atoms. The molecule has 0 saturated heterocycles. The Balaban J connectivity index is 1.66. The molecule has 37 heavy (non-hydrogen) atoms. The van der Waals surface area contributed by atoms with Crippen LogP contribution in [0.5, 0.6) is 0 Å². The van der Waals surface area contributed by atoms with E-state index < -0.39 is 0 Å². The highest BCUT2D eigenvalue weighted by Gasteiger charge is 2.42. The standard InChI is InChI=1S/C33H58BNO2/c1-28-29(26-33(34)24-20-16-12-8-3-4-9-13-17-21-25-33)31(37)35(30(28)36)27-32(2)22-18-14-10-6-5-7-11-15-19-23-32/h3-27,34H2,1-2H3. The summed E-state index contributed by atoms with van der Waals surface area (Å²) in [6, 6.07) is 0. The quantitative estimate of drug-likeness (QED) is 0.279. The van der Waals surface area contributed by atoms with Crippen LogP contribution in [0.25, 0.3) is 0 Å². The molecule has 0 radical (unpaired) electrons. The lowest BCUT2D eigenvalue weighted by Gasteiger charge is -2.34.